The maximum atomic E-state index is 12.5. The van der Waals surface area contributed by atoms with Gasteiger partial charge in [-0.3, -0.25) is 4.79 Å². The number of alkyl halides is 3. The number of esters is 1. The highest BCUT2D eigenvalue weighted by Crippen LogP contribution is 2.30. The van der Waals surface area contributed by atoms with Crippen LogP contribution < -0.4 is 10.1 Å². The molecule has 0 saturated carbocycles. The lowest BCUT2D eigenvalue weighted by Crippen LogP contribution is -2.30. The normalized spacial score (nSPS) is 12.2. The molecule has 1 amide bonds. The van der Waals surface area contributed by atoms with Crippen LogP contribution in [-0.4, -0.2) is 30.2 Å². The van der Waals surface area contributed by atoms with Crippen molar-refractivity contribution >= 4 is 17.6 Å². The molecular formula is C18H16F3NO5. The van der Waals surface area contributed by atoms with Gasteiger partial charge in [0.2, 0.25) is 0 Å². The number of anilines is 1. The Labute approximate surface area is 152 Å². The van der Waals surface area contributed by atoms with Crippen molar-refractivity contribution in [2.75, 3.05) is 12.4 Å². The molecule has 0 aliphatic carbocycles. The second kappa shape index (κ2) is 7.98. The van der Waals surface area contributed by atoms with Crippen LogP contribution in [0.4, 0.5) is 18.9 Å². The van der Waals surface area contributed by atoms with Crippen molar-refractivity contribution in [1.29, 1.82) is 0 Å². The van der Waals surface area contributed by atoms with Crippen LogP contribution in [0.3, 0.4) is 0 Å². The fourth-order valence-electron chi connectivity index (χ4n) is 2.08. The van der Waals surface area contributed by atoms with Crippen molar-refractivity contribution in [3.63, 3.8) is 0 Å². The lowest BCUT2D eigenvalue weighted by atomic mass is 10.2. The lowest BCUT2D eigenvalue weighted by molar-refractivity contribution is -0.137. The number of rotatable bonds is 5. The molecule has 6 nitrogen and oxygen atoms in total. The SMILES string of the molecule is COc1ccc(C(=O)O[C@@H](C)C(=O)Nc2ccc(C(F)(F)F)cc2)c(O)c1. The predicted molar refractivity (Wildman–Crippen MR) is 89.6 cm³/mol. The van der Waals surface area contributed by atoms with Crippen molar-refractivity contribution < 1.29 is 37.3 Å². The van der Waals surface area contributed by atoms with Gasteiger partial charge in [0.15, 0.2) is 6.10 Å². The number of phenolic OH excluding ortho intramolecular Hbond substituents is 1. The maximum absolute atomic E-state index is 12.5. The van der Waals surface area contributed by atoms with Crippen molar-refractivity contribution in [1.82, 2.24) is 0 Å². The molecule has 0 aromatic heterocycles. The molecule has 0 aliphatic heterocycles. The topological polar surface area (TPSA) is 84.9 Å². The van der Waals surface area contributed by atoms with Crippen molar-refractivity contribution in [3.8, 4) is 11.5 Å². The van der Waals surface area contributed by atoms with Gasteiger partial charge in [-0.2, -0.15) is 13.2 Å². The number of halogens is 3. The minimum atomic E-state index is -4.48. The van der Waals surface area contributed by atoms with E-state index in [0.717, 1.165) is 24.3 Å². The Morgan fingerprint density at radius 1 is 1.11 bits per heavy atom. The Balaban J connectivity index is 2.00. The van der Waals surface area contributed by atoms with Crippen molar-refractivity contribution in [3.05, 3.63) is 53.6 Å². The molecule has 0 bridgehead atoms. The number of carbonyl (C=O) groups is 2. The first-order valence-electron chi connectivity index (χ1n) is 7.68. The molecule has 9 heteroatoms. The average Bonchev–Trinajstić information content (AvgIpc) is 2.60. The molecule has 0 fully saturated rings. The highest BCUT2D eigenvalue weighted by atomic mass is 19.4. The van der Waals surface area contributed by atoms with Crippen LogP contribution in [0.25, 0.3) is 0 Å². The van der Waals surface area contributed by atoms with Gasteiger partial charge in [-0.25, -0.2) is 4.79 Å². The van der Waals surface area contributed by atoms with E-state index >= 15 is 0 Å². The summed E-state index contributed by atoms with van der Waals surface area (Å²) in [4.78, 5) is 24.1. The average molecular weight is 383 g/mol. The van der Waals surface area contributed by atoms with Crippen LogP contribution in [0.1, 0.15) is 22.8 Å². The van der Waals surface area contributed by atoms with Gasteiger partial charge in [0.05, 0.1) is 12.7 Å². The summed E-state index contributed by atoms with van der Waals surface area (Å²) in [5, 5.41) is 12.1. The molecule has 0 heterocycles. The largest absolute Gasteiger partial charge is 0.507 e. The standard InChI is InChI=1S/C18H16F3NO5/c1-10(27-17(25)14-8-7-13(26-2)9-15(14)23)16(24)22-12-5-3-11(4-6-12)18(19,20)21/h3-10,23H,1-2H3,(H,22,24)/t10-/m0/s1. The van der Waals surface area contributed by atoms with E-state index in [1.54, 1.807) is 0 Å². The van der Waals surface area contributed by atoms with E-state index in [0.29, 0.717) is 5.75 Å². The highest BCUT2D eigenvalue weighted by molar-refractivity contribution is 5.98. The van der Waals surface area contributed by atoms with E-state index in [1.807, 2.05) is 0 Å². The molecule has 2 rings (SSSR count). The fourth-order valence-corrected chi connectivity index (χ4v) is 2.08. The van der Waals surface area contributed by atoms with Crippen molar-refractivity contribution in [2.24, 2.45) is 0 Å². The minimum Gasteiger partial charge on any atom is -0.507 e. The molecule has 0 aliphatic rings. The Morgan fingerprint density at radius 2 is 1.74 bits per heavy atom. The first-order chi connectivity index (χ1) is 12.6. The van der Waals surface area contributed by atoms with Crippen LogP contribution >= 0.6 is 0 Å². The van der Waals surface area contributed by atoms with Crippen LogP contribution in [-0.2, 0) is 15.7 Å². The summed E-state index contributed by atoms with van der Waals surface area (Å²) in [7, 11) is 1.39. The minimum absolute atomic E-state index is 0.114. The van der Waals surface area contributed by atoms with E-state index < -0.39 is 29.7 Å². The molecule has 2 N–H and O–H groups in total. The van der Waals surface area contributed by atoms with Gasteiger partial charge in [0, 0.05) is 11.8 Å². The van der Waals surface area contributed by atoms with Crippen LogP contribution in [0, 0.1) is 0 Å². The fraction of sp³-hybridized carbons (Fsp3) is 0.222. The highest BCUT2D eigenvalue weighted by Gasteiger charge is 2.30. The number of methoxy groups -OCH3 is 1. The Hall–Kier alpha value is -3.23. The van der Waals surface area contributed by atoms with Crippen LogP contribution in [0.5, 0.6) is 11.5 Å². The Morgan fingerprint density at radius 3 is 2.26 bits per heavy atom. The summed E-state index contributed by atoms with van der Waals surface area (Å²) in [6.45, 7) is 1.29. The number of ether oxygens (including phenoxy) is 2. The van der Waals surface area contributed by atoms with Gasteiger partial charge in [-0.15, -0.1) is 0 Å². The molecule has 27 heavy (non-hydrogen) atoms. The molecule has 0 unspecified atom stereocenters. The molecule has 0 radical (unpaired) electrons. The number of hydrogen-bond donors (Lipinski definition) is 2. The smallest absolute Gasteiger partial charge is 0.416 e. The Kier molecular flexibility index (Phi) is 5.94. The second-order valence-electron chi connectivity index (χ2n) is 5.49. The summed E-state index contributed by atoms with van der Waals surface area (Å²) < 4.78 is 47.4. The number of amides is 1. The summed E-state index contributed by atoms with van der Waals surface area (Å²) >= 11 is 0. The molecule has 1 atom stereocenters. The molecule has 2 aromatic rings. The maximum Gasteiger partial charge on any atom is 0.416 e. The molecule has 0 saturated heterocycles. The van der Waals surface area contributed by atoms with Gasteiger partial charge < -0.3 is 19.9 Å². The zero-order valence-corrected chi connectivity index (χ0v) is 14.3. The number of aromatic hydroxyl groups is 1. The molecule has 0 spiro atoms. The monoisotopic (exact) mass is 383 g/mol. The van der Waals surface area contributed by atoms with Gasteiger partial charge >= 0.3 is 12.1 Å². The van der Waals surface area contributed by atoms with Crippen LogP contribution in [0.2, 0.25) is 0 Å². The van der Waals surface area contributed by atoms with E-state index in [4.69, 9.17) is 9.47 Å². The zero-order chi connectivity index (χ0) is 20.2. The number of benzene rings is 2. The van der Waals surface area contributed by atoms with Gasteiger partial charge in [-0.05, 0) is 43.3 Å². The Bertz CT molecular complexity index is 834. The van der Waals surface area contributed by atoms with Gasteiger partial charge in [0.1, 0.15) is 17.1 Å². The first kappa shape index (κ1) is 20.1. The summed E-state index contributed by atoms with van der Waals surface area (Å²) in [6, 6.07) is 7.74. The third-order valence-corrected chi connectivity index (χ3v) is 3.56. The number of carbonyl (C=O) groups excluding carboxylic acids is 2. The summed E-state index contributed by atoms with van der Waals surface area (Å²) in [5.41, 5.74) is -0.900. The van der Waals surface area contributed by atoms with Gasteiger partial charge in [-0.1, -0.05) is 0 Å². The number of nitrogens with one attached hydrogen (secondary N) is 1. The predicted octanol–water partition coefficient (Wildman–Crippen LogP) is 3.60. The summed E-state index contributed by atoms with van der Waals surface area (Å²) in [6.07, 6.45) is -5.73. The second-order valence-corrected chi connectivity index (χ2v) is 5.49. The van der Waals surface area contributed by atoms with Crippen molar-refractivity contribution in [2.45, 2.75) is 19.2 Å². The van der Waals surface area contributed by atoms with Gasteiger partial charge in [0.25, 0.3) is 5.91 Å². The zero-order valence-electron chi connectivity index (χ0n) is 14.3. The lowest BCUT2D eigenvalue weighted by Gasteiger charge is -2.15. The van der Waals surface area contributed by atoms with E-state index in [2.05, 4.69) is 5.32 Å². The third kappa shape index (κ3) is 5.13. The number of phenols is 1. The summed E-state index contributed by atoms with van der Waals surface area (Å²) in [5.74, 6) is -1.73. The number of hydrogen-bond acceptors (Lipinski definition) is 5. The quantitative estimate of drug-likeness (QED) is 0.771. The van der Waals surface area contributed by atoms with E-state index in [9.17, 15) is 27.9 Å². The molecule has 144 valence electrons. The molecule has 2 aromatic carbocycles. The first-order valence-corrected chi connectivity index (χ1v) is 7.68. The molecular weight excluding hydrogens is 367 g/mol. The van der Waals surface area contributed by atoms with E-state index in [-0.39, 0.29) is 17.0 Å². The third-order valence-electron chi connectivity index (χ3n) is 3.56. The van der Waals surface area contributed by atoms with Crippen LogP contribution in [0.15, 0.2) is 42.5 Å². The van der Waals surface area contributed by atoms with E-state index in [1.165, 1.54) is 32.2 Å².